The maximum Gasteiger partial charge on any atom is 0.671 e. The summed E-state index contributed by atoms with van der Waals surface area (Å²) in [6.07, 6.45) is 0. The first kappa shape index (κ1) is 46.2. The van der Waals surface area contributed by atoms with Crippen LogP contribution in [0.15, 0.2) is 0 Å². The fourth-order valence-electron chi connectivity index (χ4n) is 0. The maximum atomic E-state index is 7.85. The molecule has 0 aromatic carbocycles. The van der Waals surface area contributed by atoms with Crippen LogP contribution in [-0.2, 0) is 17.7 Å². The first-order valence-corrected chi connectivity index (χ1v) is 12.1. The average molecular weight is 537 g/mol. The van der Waals surface area contributed by atoms with E-state index in [0.717, 1.165) is 28.4 Å². The second kappa shape index (κ2) is 21.6. The summed E-state index contributed by atoms with van der Waals surface area (Å²) in [5.41, 5.74) is 0. The van der Waals surface area contributed by atoms with Crippen LogP contribution in [0.25, 0.3) is 0 Å². The Hall–Kier alpha value is 0.878. The van der Waals surface area contributed by atoms with Crippen LogP contribution in [0.2, 0.25) is 0 Å². The van der Waals surface area contributed by atoms with Crippen molar-refractivity contribution in [3.05, 3.63) is 0 Å². The summed E-state index contributed by atoms with van der Waals surface area (Å²) < 4.78 is 15.0. The number of hydrogen-bond acceptors (Lipinski definition) is 16. The highest BCUT2D eigenvalue weighted by atomic mass is 28.4. The number of rotatable bonds is 4. The Morgan fingerprint density at radius 3 is 0.370 bits per heavy atom. The van der Waals surface area contributed by atoms with E-state index in [1.54, 1.807) is 0 Å². The summed E-state index contributed by atoms with van der Waals surface area (Å²) in [5, 5.41) is 0. The second-order valence-corrected chi connectivity index (χ2v) is 9.34. The van der Waals surface area contributed by atoms with Crippen molar-refractivity contribution in [3.63, 3.8) is 0 Å². The second-order valence-electron chi connectivity index (χ2n) is 3.11. The molecule has 0 aromatic rings. The summed E-state index contributed by atoms with van der Waals surface area (Å²) in [6.45, 7) is 0. The van der Waals surface area contributed by atoms with Gasteiger partial charge in [0.2, 0.25) is 0 Å². The SMILES string of the molecule is CO[Si](O)(O)O.CO[Si](O)(O)O.CO[Si](O)(O)O.CO[Si](O)(O)O.[SiH4].[SiH4].[SiH4]. The zero-order valence-corrected chi connectivity index (χ0v) is 17.0. The largest absolute Gasteiger partial charge is 0.671 e. The lowest BCUT2D eigenvalue weighted by molar-refractivity contribution is 0.0863. The molecule has 0 unspecified atom stereocenters. The van der Waals surface area contributed by atoms with Gasteiger partial charge in [-0.05, 0) is 32.9 Å². The van der Waals surface area contributed by atoms with Crippen LogP contribution in [0.3, 0.4) is 0 Å². The minimum atomic E-state index is -4.13. The van der Waals surface area contributed by atoms with Gasteiger partial charge in [0.1, 0.15) is 0 Å². The maximum absolute atomic E-state index is 7.85. The van der Waals surface area contributed by atoms with Crippen molar-refractivity contribution in [2.75, 3.05) is 28.4 Å². The Bertz CT molecular complexity index is 212. The molecule has 23 heteroatoms. The average Bonchev–Trinajstić information content (AvgIpc) is 2.37. The predicted octanol–water partition coefficient (Wildman–Crippen LogP) is -12.2. The molecule has 0 bridgehead atoms. The van der Waals surface area contributed by atoms with E-state index < -0.39 is 36.2 Å². The smallest absolute Gasteiger partial charge is 0.368 e. The van der Waals surface area contributed by atoms with Crippen molar-refractivity contribution in [1.29, 1.82) is 0 Å². The van der Waals surface area contributed by atoms with Crippen LogP contribution in [-0.4, -0.2) is 155 Å². The zero-order valence-electron chi connectivity index (χ0n) is 13.0. The lowest BCUT2D eigenvalue weighted by Gasteiger charge is -2.01. The third-order valence-corrected chi connectivity index (χ3v) is 3.29. The molecule has 0 aliphatic heterocycles. The summed E-state index contributed by atoms with van der Waals surface area (Å²) in [7, 11) is -12.4. The van der Waals surface area contributed by atoms with Gasteiger partial charge in [-0.25, -0.2) is 0 Å². The van der Waals surface area contributed by atoms with Gasteiger partial charge in [0.05, 0.1) is 0 Å². The quantitative estimate of drug-likeness (QED) is 0.148. The highest BCUT2D eigenvalue weighted by Gasteiger charge is 2.28. The van der Waals surface area contributed by atoms with Crippen molar-refractivity contribution in [2.45, 2.75) is 0 Å². The van der Waals surface area contributed by atoms with Crippen LogP contribution in [0.5, 0.6) is 0 Å². The summed E-state index contributed by atoms with van der Waals surface area (Å²) in [5.74, 6) is 0. The Kier molecular flexibility index (Phi) is 36.9. The first-order valence-electron chi connectivity index (χ1n) is 5.13. The van der Waals surface area contributed by atoms with Crippen LogP contribution in [0.4, 0.5) is 0 Å². The molecule has 0 radical (unpaired) electrons. The van der Waals surface area contributed by atoms with E-state index in [4.69, 9.17) is 57.5 Å². The van der Waals surface area contributed by atoms with Crippen LogP contribution >= 0.6 is 0 Å². The molecule has 0 saturated carbocycles. The Morgan fingerprint density at radius 2 is 0.370 bits per heavy atom. The molecule has 0 spiro atoms. The fraction of sp³-hybridized carbons (Fsp3) is 1.00. The van der Waals surface area contributed by atoms with Crippen LogP contribution in [0, 0.1) is 0 Å². The van der Waals surface area contributed by atoms with Gasteiger partial charge >= 0.3 is 36.2 Å². The molecule has 0 atom stereocenters. The van der Waals surface area contributed by atoms with Gasteiger partial charge in [-0.1, -0.05) is 0 Å². The van der Waals surface area contributed by atoms with Crippen LogP contribution in [0.1, 0.15) is 0 Å². The molecular weight excluding hydrogens is 501 g/mol. The minimum absolute atomic E-state index is 0. The van der Waals surface area contributed by atoms with Crippen molar-refractivity contribution in [1.82, 2.24) is 0 Å². The van der Waals surface area contributed by atoms with Gasteiger partial charge in [-0.2, -0.15) is 0 Å². The van der Waals surface area contributed by atoms with E-state index in [-0.39, 0.29) is 32.9 Å². The van der Waals surface area contributed by atoms with E-state index in [1.807, 2.05) is 0 Å². The van der Waals surface area contributed by atoms with Gasteiger partial charge in [0, 0.05) is 28.4 Å². The van der Waals surface area contributed by atoms with Gasteiger partial charge in [0.25, 0.3) is 0 Å². The molecule has 0 rings (SSSR count). The Morgan fingerprint density at radius 1 is 0.333 bits per heavy atom. The molecule has 0 fully saturated rings. The molecule has 0 saturated heterocycles. The standard InChI is InChI=1S/4CH6O4Si.3H4Si/c4*1-5-6(2,3)4;;;/h4*2-4H,1H3;3*1H4. The van der Waals surface area contributed by atoms with Gasteiger partial charge in [0.15, 0.2) is 0 Å². The Balaban J connectivity index is -0.0000000381. The van der Waals surface area contributed by atoms with Gasteiger partial charge < -0.3 is 75.3 Å². The topological polar surface area (TPSA) is 280 Å². The van der Waals surface area contributed by atoms with Crippen LogP contribution < -0.4 is 0 Å². The summed E-state index contributed by atoms with van der Waals surface area (Å²) >= 11 is 0. The highest BCUT2D eigenvalue weighted by Crippen LogP contribution is 1.81. The molecule has 0 amide bonds. The van der Waals surface area contributed by atoms with Gasteiger partial charge in [-0.3, -0.25) is 0 Å². The molecular formula is C4H36O16Si7. The van der Waals surface area contributed by atoms with E-state index in [0.29, 0.717) is 0 Å². The zero-order chi connectivity index (χ0) is 20.8. The molecule has 16 nitrogen and oxygen atoms in total. The van der Waals surface area contributed by atoms with E-state index >= 15 is 0 Å². The van der Waals surface area contributed by atoms with E-state index in [1.165, 1.54) is 0 Å². The van der Waals surface area contributed by atoms with Crippen molar-refractivity contribution in [3.8, 4) is 0 Å². The van der Waals surface area contributed by atoms with Gasteiger partial charge in [-0.15, -0.1) is 0 Å². The molecule has 0 heterocycles. The summed E-state index contributed by atoms with van der Waals surface area (Å²) in [4.78, 5) is 94.2. The summed E-state index contributed by atoms with van der Waals surface area (Å²) in [6, 6.07) is 0. The fourth-order valence-corrected chi connectivity index (χ4v) is 0. The molecule has 12 N–H and O–H groups in total. The monoisotopic (exact) mass is 536 g/mol. The predicted molar refractivity (Wildman–Crippen MR) is 112 cm³/mol. The molecule has 0 aliphatic carbocycles. The molecule has 0 aromatic heterocycles. The normalized spacial score (nSPS) is 10.7. The van der Waals surface area contributed by atoms with E-state index in [2.05, 4.69) is 17.7 Å². The third-order valence-electron chi connectivity index (χ3n) is 1.10. The van der Waals surface area contributed by atoms with Crippen molar-refractivity contribution < 1.29 is 75.3 Å². The lowest BCUT2D eigenvalue weighted by atomic mass is 11.8. The number of hydrogen-bond donors (Lipinski definition) is 12. The van der Waals surface area contributed by atoms with Crippen molar-refractivity contribution in [2.24, 2.45) is 0 Å². The van der Waals surface area contributed by atoms with E-state index in [9.17, 15) is 0 Å². The molecule has 27 heavy (non-hydrogen) atoms. The molecule has 176 valence electrons. The Labute approximate surface area is 173 Å². The first-order chi connectivity index (χ1) is 10.2. The van der Waals surface area contributed by atoms with Crippen molar-refractivity contribution >= 4 is 69.1 Å². The third kappa shape index (κ3) is 100. The lowest BCUT2D eigenvalue weighted by Crippen LogP contribution is -2.37. The highest BCUT2D eigenvalue weighted by molar-refractivity contribution is 6.49. The minimum Gasteiger partial charge on any atom is -0.368 e. The molecule has 0 aliphatic rings.